The number of rotatable bonds is 7. The third-order valence-electron chi connectivity index (χ3n) is 7.26. The molecule has 0 unspecified atom stereocenters. The van der Waals surface area contributed by atoms with E-state index in [2.05, 4.69) is 45.9 Å². The second-order valence-corrected chi connectivity index (χ2v) is 10.7. The van der Waals surface area contributed by atoms with Crippen molar-refractivity contribution in [1.82, 2.24) is 0 Å². The molecule has 4 rings (SSSR count). The molecule has 0 heterocycles. The minimum Gasteiger partial charge on any atom is -0.489 e. The lowest BCUT2D eigenvalue weighted by Gasteiger charge is -2.42. The second kappa shape index (κ2) is 9.25. The van der Waals surface area contributed by atoms with Gasteiger partial charge in [-0.2, -0.15) is 0 Å². The van der Waals surface area contributed by atoms with Gasteiger partial charge in [-0.15, -0.1) is 0 Å². The summed E-state index contributed by atoms with van der Waals surface area (Å²) in [6, 6.07) is 20.3. The topological polar surface area (TPSA) is 46.5 Å². The van der Waals surface area contributed by atoms with Crippen molar-refractivity contribution in [2.24, 2.45) is 0 Å². The summed E-state index contributed by atoms with van der Waals surface area (Å²) in [5.41, 5.74) is 5.97. The van der Waals surface area contributed by atoms with Crippen LogP contribution in [0.2, 0.25) is 0 Å². The molecule has 1 N–H and O–H groups in total. The molecular formula is C30H33FO3. The highest BCUT2D eigenvalue weighted by Crippen LogP contribution is 2.46. The molecule has 0 spiro atoms. The highest BCUT2D eigenvalue weighted by molar-refractivity contribution is 5.69. The van der Waals surface area contributed by atoms with Gasteiger partial charge in [0.1, 0.15) is 18.2 Å². The minimum absolute atomic E-state index is 0.0624. The molecule has 1 atom stereocenters. The first kappa shape index (κ1) is 24.0. The molecule has 0 amide bonds. The van der Waals surface area contributed by atoms with Crippen LogP contribution in [0.5, 0.6) is 5.75 Å². The van der Waals surface area contributed by atoms with E-state index in [1.807, 2.05) is 24.3 Å². The zero-order valence-corrected chi connectivity index (χ0v) is 20.4. The van der Waals surface area contributed by atoms with Gasteiger partial charge in [-0.3, -0.25) is 4.79 Å². The maximum absolute atomic E-state index is 13.3. The summed E-state index contributed by atoms with van der Waals surface area (Å²) in [6.07, 6.45) is 2.30. The molecular weight excluding hydrogens is 427 g/mol. The number of aliphatic carboxylic acids is 1. The molecule has 1 aliphatic carbocycles. The monoisotopic (exact) mass is 460 g/mol. The van der Waals surface area contributed by atoms with Crippen molar-refractivity contribution in [3.63, 3.8) is 0 Å². The summed E-state index contributed by atoms with van der Waals surface area (Å²) >= 11 is 0. The Balaban J connectivity index is 1.50. The molecule has 178 valence electrons. The van der Waals surface area contributed by atoms with E-state index in [0.717, 1.165) is 22.4 Å². The fourth-order valence-corrected chi connectivity index (χ4v) is 4.99. The molecule has 0 saturated carbocycles. The Morgan fingerprint density at radius 3 is 2.03 bits per heavy atom. The first-order valence-corrected chi connectivity index (χ1v) is 11.9. The summed E-state index contributed by atoms with van der Waals surface area (Å²) in [4.78, 5) is 11.4. The number of benzene rings is 3. The fourth-order valence-electron chi connectivity index (χ4n) is 4.99. The normalized spacial score (nSPS) is 17.0. The van der Waals surface area contributed by atoms with Crippen LogP contribution in [0.3, 0.4) is 0 Å². The summed E-state index contributed by atoms with van der Waals surface area (Å²) < 4.78 is 19.4. The van der Waals surface area contributed by atoms with E-state index in [0.29, 0.717) is 6.61 Å². The highest BCUT2D eigenvalue weighted by atomic mass is 19.1. The van der Waals surface area contributed by atoms with E-state index in [1.54, 1.807) is 12.1 Å². The van der Waals surface area contributed by atoms with Crippen molar-refractivity contribution in [1.29, 1.82) is 0 Å². The molecule has 0 aliphatic heterocycles. The zero-order chi connectivity index (χ0) is 24.5. The van der Waals surface area contributed by atoms with Crippen molar-refractivity contribution < 1.29 is 19.0 Å². The van der Waals surface area contributed by atoms with E-state index in [-0.39, 0.29) is 29.0 Å². The molecule has 34 heavy (non-hydrogen) atoms. The number of carboxylic acid groups (broad SMARTS) is 1. The van der Waals surface area contributed by atoms with Gasteiger partial charge in [-0.1, -0.05) is 70.2 Å². The van der Waals surface area contributed by atoms with Crippen LogP contribution in [0, 0.1) is 5.82 Å². The van der Waals surface area contributed by atoms with E-state index < -0.39 is 5.97 Å². The number of hydrogen-bond acceptors (Lipinski definition) is 2. The van der Waals surface area contributed by atoms with Gasteiger partial charge in [-0.05, 0) is 75.8 Å². The van der Waals surface area contributed by atoms with Crippen LogP contribution in [-0.2, 0) is 22.2 Å². The van der Waals surface area contributed by atoms with E-state index in [9.17, 15) is 14.3 Å². The first-order valence-electron chi connectivity index (χ1n) is 11.9. The Hall–Kier alpha value is -3.14. The van der Waals surface area contributed by atoms with Crippen LogP contribution < -0.4 is 4.74 Å². The molecule has 4 heteroatoms. The summed E-state index contributed by atoms with van der Waals surface area (Å²) in [5, 5.41) is 9.38. The van der Waals surface area contributed by atoms with Gasteiger partial charge >= 0.3 is 5.97 Å². The van der Waals surface area contributed by atoms with Crippen LogP contribution in [-0.4, -0.2) is 11.1 Å². The largest absolute Gasteiger partial charge is 0.489 e. The average Bonchev–Trinajstić information content (AvgIpc) is 2.80. The number of halogens is 1. The quantitative estimate of drug-likeness (QED) is 0.401. The number of carbonyl (C=O) groups is 1. The standard InChI is InChI=1S/C30H33FO3/c1-29(2)15-16-30(3,4)27-17-20(5-14-26(27)29)19-34-24-12-8-22(9-13-24)25(18-28(32)33)21-6-10-23(31)11-7-21/h5-14,17,25H,15-16,18-19H2,1-4H3,(H,32,33)/t25-/m0/s1. The van der Waals surface area contributed by atoms with Crippen LogP contribution in [0.4, 0.5) is 4.39 Å². The van der Waals surface area contributed by atoms with E-state index in [4.69, 9.17) is 4.74 Å². The maximum Gasteiger partial charge on any atom is 0.304 e. The Labute approximate surface area is 201 Å². The van der Waals surface area contributed by atoms with Crippen molar-refractivity contribution in [2.75, 3.05) is 0 Å². The van der Waals surface area contributed by atoms with Crippen molar-refractivity contribution in [3.8, 4) is 5.75 Å². The third-order valence-corrected chi connectivity index (χ3v) is 7.26. The van der Waals surface area contributed by atoms with Crippen molar-refractivity contribution >= 4 is 5.97 Å². The molecule has 0 fully saturated rings. The average molecular weight is 461 g/mol. The second-order valence-electron chi connectivity index (χ2n) is 10.7. The molecule has 0 aromatic heterocycles. The lowest BCUT2D eigenvalue weighted by atomic mass is 9.63. The Morgan fingerprint density at radius 2 is 1.44 bits per heavy atom. The zero-order valence-electron chi connectivity index (χ0n) is 20.4. The number of hydrogen-bond donors (Lipinski definition) is 1. The smallest absolute Gasteiger partial charge is 0.304 e. The Morgan fingerprint density at radius 1 is 0.882 bits per heavy atom. The van der Waals surface area contributed by atoms with Crippen LogP contribution >= 0.6 is 0 Å². The molecule has 3 nitrogen and oxygen atoms in total. The van der Waals surface area contributed by atoms with E-state index in [1.165, 1.54) is 36.1 Å². The van der Waals surface area contributed by atoms with Crippen LogP contribution in [0.25, 0.3) is 0 Å². The predicted molar refractivity (Wildman–Crippen MR) is 133 cm³/mol. The Kier molecular flexibility index (Phi) is 6.53. The molecule has 3 aromatic rings. The lowest BCUT2D eigenvalue weighted by molar-refractivity contribution is -0.137. The molecule has 0 bridgehead atoms. The van der Waals surface area contributed by atoms with Crippen molar-refractivity contribution in [3.05, 3.63) is 100 Å². The highest BCUT2D eigenvalue weighted by Gasteiger charge is 2.36. The summed E-state index contributed by atoms with van der Waals surface area (Å²) in [5.74, 6) is -0.850. The van der Waals surface area contributed by atoms with Crippen molar-refractivity contribution in [2.45, 2.75) is 70.3 Å². The third kappa shape index (κ3) is 5.16. The predicted octanol–water partition coefficient (Wildman–Crippen LogP) is 7.36. The van der Waals surface area contributed by atoms with E-state index >= 15 is 0 Å². The van der Waals surface area contributed by atoms with Gasteiger partial charge in [0, 0.05) is 5.92 Å². The molecule has 0 radical (unpaired) electrons. The van der Waals surface area contributed by atoms with Crippen LogP contribution in [0.1, 0.15) is 80.7 Å². The van der Waals surface area contributed by atoms with Gasteiger partial charge in [0.15, 0.2) is 0 Å². The van der Waals surface area contributed by atoms with Gasteiger partial charge < -0.3 is 9.84 Å². The summed E-state index contributed by atoms with van der Waals surface area (Å²) in [7, 11) is 0. The number of carboxylic acids is 1. The molecule has 1 aliphatic rings. The molecule has 0 saturated heterocycles. The maximum atomic E-state index is 13.3. The van der Waals surface area contributed by atoms with Crippen LogP contribution in [0.15, 0.2) is 66.7 Å². The Bertz CT molecular complexity index is 1160. The molecule has 3 aromatic carbocycles. The van der Waals surface area contributed by atoms with Gasteiger partial charge in [0.25, 0.3) is 0 Å². The minimum atomic E-state index is -0.895. The number of fused-ring (bicyclic) bond motifs is 1. The lowest BCUT2D eigenvalue weighted by Crippen LogP contribution is -2.33. The fraction of sp³-hybridized carbons (Fsp3) is 0.367. The van der Waals surface area contributed by atoms with Gasteiger partial charge in [0.05, 0.1) is 6.42 Å². The van der Waals surface area contributed by atoms with Gasteiger partial charge in [0.2, 0.25) is 0 Å². The first-order chi connectivity index (χ1) is 16.0. The SMILES string of the molecule is CC1(C)CCC(C)(C)c2cc(COc3ccc([C@@H](CC(=O)O)c4ccc(F)cc4)cc3)ccc21. The van der Waals surface area contributed by atoms with Gasteiger partial charge in [-0.25, -0.2) is 4.39 Å². The number of ether oxygens (including phenoxy) is 1. The summed E-state index contributed by atoms with van der Waals surface area (Å²) in [6.45, 7) is 9.75.